The van der Waals surface area contributed by atoms with E-state index in [-0.39, 0.29) is 6.04 Å². The minimum atomic E-state index is -3.35. The molecular formula is C19H31N3O2S. The average molecular weight is 366 g/mol. The van der Waals surface area contributed by atoms with E-state index in [1.54, 1.807) is 4.31 Å². The molecule has 0 aromatic heterocycles. The normalized spacial score (nSPS) is 21.8. The van der Waals surface area contributed by atoms with Crippen molar-refractivity contribution in [3.8, 4) is 0 Å². The van der Waals surface area contributed by atoms with E-state index in [0.29, 0.717) is 25.6 Å². The summed E-state index contributed by atoms with van der Waals surface area (Å²) in [5.74, 6) is 0.628. The molecule has 25 heavy (non-hydrogen) atoms. The molecule has 0 radical (unpaired) electrons. The van der Waals surface area contributed by atoms with E-state index in [2.05, 4.69) is 47.7 Å². The molecule has 5 nitrogen and oxygen atoms in total. The second-order valence-electron chi connectivity index (χ2n) is 7.49. The molecule has 0 aliphatic carbocycles. The van der Waals surface area contributed by atoms with Crippen molar-refractivity contribution >= 4 is 10.2 Å². The summed E-state index contributed by atoms with van der Waals surface area (Å²) in [7, 11) is -3.35. The standard InChI is InChI=1S/C19H31N3O2S/c1-3-19(21-11-10-17-6-4-5-7-18(17)15-21)14-20-25(23,24)22-12-8-16(2)9-13-22/h4-7,16,19-20H,3,8-15H2,1-2H3. The Morgan fingerprint density at radius 3 is 2.52 bits per heavy atom. The molecule has 1 aromatic carbocycles. The lowest BCUT2D eigenvalue weighted by molar-refractivity contribution is 0.174. The maximum atomic E-state index is 12.6. The second kappa shape index (κ2) is 8.16. The van der Waals surface area contributed by atoms with Crippen molar-refractivity contribution in [3.05, 3.63) is 35.4 Å². The van der Waals surface area contributed by atoms with Crippen LogP contribution in [0.4, 0.5) is 0 Å². The number of fused-ring (bicyclic) bond motifs is 1. The molecule has 1 atom stereocenters. The quantitative estimate of drug-likeness (QED) is 0.842. The van der Waals surface area contributed by atoms with E-state index < -0.39 is 10.2 Å². The molecule has 2 aliphatic rings. The number of nitrogens with one attached hydrogen (secondary N) is 1. The summed E-state index contributed by atoms with van der Waals surface area (Å²) < 4.78 is 29.7. The van der Waals surface area contributed by atoms with Crippen molar-refractivity contribution in [3.63, 3.8) is 0 Å². The predicted octanol–water partition coefficient (Wildman–Crippen LogP) is 2.39. The molecule has 0 saturated carbocycles. The molecule has 1 unspecified atom stereocenters. The first-order valence-electron chi connectivity index (χ1n) is 9.55. The Bertz CT molecular complexity index is 669. The SMILES string of the molecule is CCC(CNS(=O)(=O)N1CCC(C)CC1)N1CCc2ccccc2C1. The maximum Gasteiger partial charge on any atom is 0.279 e. The average Bonchev–Trinajstić information content (AvgIpc) is 2.62. The Labute approximate surface area is 152 Å². The number of rotatable bonds is 6. The monoisotopic (exact) mass is 365 g/mol. The smallest absolute Gasteiger partial charge is 0.279 e. The fourth-order valence-electron chi connectivity index (χ4n) is 3.88. The van der Waals surface area contributed by atoms with Crippen LogP contribution in [0.3, 0.4) is 0 Å². The third-order valence-corrected chi connectivity index (χ3v) is 7.31. The molecule has 0 spiro atoms. The summed E-state index contributed by atoms with van der Waals surface area (Å²) in [5.41, 5.74) is 2.80. The van der Waals surface area contributed by atoms with Crippen LogP contribution in [0.5, 0.6) is 0 Å². The van der Waals surface area contributed by atoms with Gasteiger partial charge in [0.2, 0.25) is 0 Å². The van der Waals surface area contributed by atoms with Gasteiger partial charge in [0, 0.05) is 38.8 Å². The Hall–Kier alpha value is -0.950. The lowest BCUT2D eigenvalue weighted by Crippen LogP contribution is -2.50. The molecular weight excluding hydrogens is 334 g/mol. The summed E-state index contributed by atoms with van der Waals surface area (Å²) >= 11 is 0. The van der Waals surface area contributed by atoms with Crippen LogP contribution in [0.25, 0.3) is 0 Å². The van der Waals surface area contributed by atoms with E-state index in [1.807, 2.05) is 0 Å². The highest BCUT2D eigenvalue weighted by atomic mass is 32.2. The first-order chi connectivity index (χ1) is 12.0. The number of hydrogen-bond donors (Lipinski definition) is 1. The lowest BCUT2D eigenvalue weighted by Gasteiger charge is -2.36. The van der Waals surface area contributed by atoms with Gasteiger partial charge in [-0.15, -0.1) is 0 Å². The molecule has 140 valence electrons. The zero-order valence-corrected chi connectivity index (χ0v) is 16.3. The van der Waals surface area contributed by atoms with Crippen LogP contribution in [-0.2, 0) is 23.2 Å². The maximum absolute atomic E-state index is 12.6. The van der Waals surface area contributed by atoms with Gasteiger partial charge in [0.05, 0.1) is 0 Å². The number of nitrogens with zero attached hydrogens (tertiary/aromatic N) is 2. The molecule has 2 heterocycles. The topological polar surface area (TPSA) is 52.7 Å². The van der Waals surface area contributed by atoms with Gasteiger partial charge in [-0.1, -0.05) is 38.1 Å². The second-order valence-corrected chi connectivity index (χ2v) is 9.24. The van der Waals surface area contributed by atoms with Gasteiger partial charge in [-0.25, -0.2) is 4.72 Å². The molecule has 0 amide bonds. The molecule has 1 fully saturated rings. The highest BCUT2D eigenvalue weighted by Crippen LogP contribution is 2.22. The summed E-state index contributed by atoms with van der Waals surface area (Å²) in [4.78, 5) is 2.42. The molecule has 0 bridgehead atoms. The van der Waals surface area contributed by atoms with Crippen LogP contribution < -0.4 is 4.72 Å². The van der Waals surface area contributed by atoms with Crippen LogP contribution >= 0.6 is 0 Å². The van der Waals surface area contributed by atoms with Crippen molar-refractivity contribution in [1.29, 1.82) is 0 Å². The van der Waals surface area contributed by atoms with E-state index in [4.69, 9.17) is 0 Å². The van der Waals surface area contributed by atoms with Crippen molar-refractivity contribution in [2.45, 2.75) is 52.1 Å². The third-order valence-electron chi connectivity index (χ3n) is 5.73. The molecule has 1 N–H and O–H groups in total. The number of benzene rings is 1. The first-order valence-corrected chi connectivity index (χ1v) is 11.0. The van der Waals surface area contributed by atoms with Gasteiger partial charge >= 0.3 is 0 Å². The first kappa shape index (κ1) is 18.8. The van der Waals surface area contributed by atoms with Crippen LogP contribution in [0.15, 0.2) is 24.3 Å². The van der Waals surface area contributed by atoms with Gasteiger partial charge in [-0.05, 0) is 42.7 Å². The zero-order valence-electron chi connectivity index (χ0n) is 15.4. The van der Waals surface area contributed by atoms with Crippen LogP contribution in [-0.4, -0.2) is 49.8 Å². The van der Waals surface area contributed by atoms with Crippen molar-refractivity contribution in [2.24, 2.45) is 5.92 Å². The third kappa shape index (κ3) is 4.61. The van der Waals surface area contributed by atoms with Crippen LogP contribution in [0.2, 0.25) is 0 Å². The minimum absolute atomic E-state index is 0.242. The van der Waals surface area contributed by atoms with Gasteiger partial charge in [0.15, 0.2) is 0 Å². The summed E-state index contributed by atoms with van der Waals surface area (Å²) in [6.07, 6.45) is 3.91. The lowest BCUT2D eigenvalue weighted by atomic mass is 9.98. The van der Waals surface area contributed by atoms with E-state index in [1.165, 1.54) is 11.1 Å². The van der Waals surface area contributed by atoms with Gasteiger partial charge in [0.1, 0.15) is 0 Å². The van der Waals surface area contributed by atoms with Crippen molar-refractivity contribution < 1.29 is 8.42 Å². The molecule has 6 heteroatoms. The van der Waals surface area contributed by atoms with Gasteiger partial charge < -0.3 is 0 Å². The highest BCUT2D eigenvalue weighted by Gasteiger charge is 2.28. The molecule has 1 aromatic rings. The summed E-state index contributed by atoms with van der Waals surface area (Å²) in [6, 6.07) is 8.82. The minimum Gasteiger partial charge on any atom is -0.295 e. The summed E-state index contributed by atoms with van der Waals surface area (Å²) in [6.45, 7) is 8.03. The van der Waals surface area contributed by atoms with Crippen molar-refractivity contribution in [2.75, 3.05) is 26.2 Å². The van der Waals surface area contributed by atoms with E-state index in [9.17, 15) is 8.42 Å². The Balaban J connectivity index is 1.57. The fourth-order valence-corrected chi connectivity index (χ4v) is 5.16. The Morgan fingerprint density at radius 1 is 1.16 bits per heavy atom. The zero-order chi connectivity index (χ0) is 17.9. The molecule has 2 aliphatic heterocycles. The predicted molar refractivity (Wildman–Crippen MR) is 102 cm³/mol. The number of hydrogen-bond acceptors (Lipinski definition) is 3. The van der Waals surface area contributed by atoms with Crippen LogP contribution in [0, 0.1) is 5.92 Å². The summed E-state index contributed by atoms with van der Waals surface area (Å²) in [5, 5.41) is 0. The van der Waals surface area contributed by atoms with Gasteiger partial charge in [0.25, 0.3) is 10.2 Å². The Kier molecular flexibility index (Phi) is 6.15. The van der Waals surface area contributed by atoms with E-state index >= 15 is 0 Å². The van der Waals surface area contributed by atoms with Gasteiger partial charge in [-0.2, -0.15) is 12.7 Å². The Morgan fingerprint density at radius 2 is 1.84 bits per heavy atom. The van der Waals surface area contributed by atoms with E-state index in [0.717, 1.165) is 38.8 Å². The van der Waals surface area contributed by atoms with Crippen molar-refractivity contribution in [1.82, 2.24) is 13.9 Å². The van der Waals surface area contributed by atoms with Gasteiger partial charge in [-0.3, -0.25) is 4.90 Å². The fraction of sp³-hybridized carbons (Fsp3) is 0.684. The molecule has 3 rings (SSSR count). The number of piperidine rings is 1. The largest absolute Gasteiger partial charge is 0.295 e. The molecule has 1 saturated heterocycles. The highest BCUT2D eigenvalue weighted by molar-refractivity contribution is 7.87. The van der Waals surface area contributed by atoms with Crippen LogP contribution in [0.1, 0.15) is 44.2 Å².